The number of nitrogens with zero attached hydrogens (tertiary/aromatic N) is 1. The molecule has 0 amide bonds. The highest BCUT2D eigenvalue weighted by Gasteiger charge is 2.19. The molecule has 1 aliphatic rings. The van der Waals surface area contributed by atoms with Gasteiger partial charge in [-0.3, -0.25) is 9.36 Å². The summed E-state index contributed by atoms with van der Waals surface area (Å²) in [5, 5.41) is 9.90. The fraction of sp³-hybridized carbons (Fsp3) is 0.267. The van der Waals surface area contributed by atoms with Crippen molar-refractivity contribution in [1.82, 2.24) is 4.57 Å². The molecule has 0 saturated carbocycles. The maximum absolute atomic E-state index is 12.1. The molecule has 0 saturated heterocycles. The minimum absolute atomic E-state index is 0.153. The fourth-order valence-corrected chi connectivity index (χ4v) is 2.67. The number of fused-ring (bicyclic) bond motifs is 1. The minimum atomic E-state index is -0.153. The van der Waals surface area contributed by atoms with Crippen molar-refractivity contribution in [3.8, 4) is 11.4 Å². The number of hydrogen-bond acceptors (Lipinski definition) is 2. The molecule has 3 nitrogen and oxygen atoms in total. The number of aromatic hydroxyl groups is 1. The van der Waals surface area contributed by atoms with E-state index in [9.17, 15) is 9.90 Å². The molecule has 1 heterocycles. The van der Waals surface area contributed by atoms with Crippen LogP contribution in [0.1, 0.15) is 24.1 Å². The van der Waals surface area contributed by atoms with Crippen LogP contribution >= 0.6 is 0 Å². The number of hydrogen-bond donors (Lipinski definition) is 1. The first-order valence-corrected chi connectivity index (χ1v) is 6.29. The monoisotopic (exact) mass is 241 g/mol. The van der Waals surface area contributed by atoms with E-state index in [1.807, 2.05) is 30.3 Å². The Morgan fingerprint density at radius 2 is 1.78 bits per heavy atom. The Balaban J connectivity index is 2.29. The molecule has 0 radical (unpaired) electrons. The topological polar surface area (TPSA) is 42.2 Å². The summed E-state index contributed by atoms with van der Waals surface area (Å²) < 4.78 is 1.73. The Hall–Kier alpha value is -2.03. The number of benzene rings is 1. The van der Waals surface area contributed by atoms with Crippen molar-refractivity contribution < 1.29 is 5.11 Å². The van der Waals surface area contributed by atoms with Crippen LogP contribution in [-0.2, 0) is 12.8 Å². The molecule has 0 aliphatic heterocycles. The summed E-state index contributed by atoms with van der Waals surface area (Å²) >= 11 is 0. The number of rotatable bonds is 1. The molecule has 18 heavy (non-hydrogen) atoms. The molecule has 3 rings (SSSR count). The smallest absolute Gasteiger partial charge is 0.259 e. The Bertz CT molecular complexity index is 629. The predicted octanol–water partition coefficient (Wildman–Crippen LogP) is 2.42. The van der Waals surface area contributed by atoms with Crippen LogP contribution in [0.25, 0.3) is 5.69 Å². The summed E-state index contributed by atoms with van der Waals surface area (Å²) in [5.74, 6) is 0.155. The van der Waals surface area contributed by atoms with Crippen molar-refractivity contribution >= 4 is 0 Å². The van der Waals surface area contributed by atoms with Crippen LogP contribution in [0.15, 0.2) is 41.2 Å². The molecule has 0 fully saturated rings. The van der Waals surface area contributed by atoms with E-state index in [1.54, 1.807) is 4.57 Å². The normalized spacial score (nSPS) is 14.2. The second-order valence-electron chi connectivity index (χ2n) is 4.67. The number of aromatic nitrogens is 1. The van der Waals surface area contributed by atoms with E-state index in [2.05, 4.69) is 0 Å². The summed E-state index contributed by atoms with van der Waals surface area (Å²) in [4.78, 5) is 12.1. The summed E-state index contributed by atoms with van der Waals surface area (Å²) in [6, 6.07) is 11.0. The van der Waals surface area contributed by atoms with Crippen LogP contribution in [0.3, 0.4) is 0 Å². The van der Waals surface area contributed by atoms with Crippen LogP contribution in [-0.4, -0.2) is 9.67 Å². The van der Waals surface area contributed by atoms with Gasteiger partial charge in [-0.2, -0.15) is 0 Å². The van der Waals surface area contributed by atoms with Crippen molar-refractivity contribution in [3.63, 3.8) is 0 Å². The third-order valence-corrected chi connectivity index (χ3v) is 3.51. The first kappa shape index (κ1) is 11.1. The van der Waals surface area contributed by atoms with Crippen molar-refractivity contribution in [3.05, 3.63) is 58.0 Å². The van der Waals surface area contributed by atoms with Crippen molar-refractivity contribution in [2.45, 2.75) is 25.7 Å². The van der Waals surface area contributed by atoms with Crippen molar-refractivity contribution in [2.75, 3.05) is 0 Å². The lowest BCUT2D eigenvalue weighted by Gasteiger charge is -2.21. The van der Waals surface area contributed by atoms with E-state index in [-0.39, 0.29) is 11.3 Å². The summed E-state index contributed by atoms with van der Waals surface area (Å²) in [6.07, 6.45) is 3.86. The van der Waals surface area contributed by atoms with Gasteiger partial charge in [0.05, 0.1) is 0 Å². The van der Waals surface area contributed by atoms with Gasteiger partial charge < -0.3 is 5.11 Å². The fourth-order valence-electron chi connectivity index (χ4n) is 2.67. The maximum Gasteiger partial charge on any atom is 0.259 e. The zero-order chi connectivity index (χ0) is 12.5. The van der Waals surface area contributed by atoms with Gasteiger partial charge in [-0.25, -0.2) is 0 Å². The van der Waals surface area contributed by atoms with Gasteiger partial charge in [-0.15, -0.1) is 0 Å². The average Bonchev–Trinajstić information content (AvgIpc) is 2.40. The Morgan fingerprint density at radius 1 is 1.06 bits per heavy atom. The molecule has 0 bridgehead atoms. The van der Waals surface area contributed by atoms with Gasteiger partial charge in [0.25, 0.3) is 5.56 Å². The highest BCUT2D eigenvalue weighted by molar-refractivity contribution is 5.43. The van der Waals surface area contributed by atoms with Crippen LogP contribution < -0.4 is 5.56 Å². The molecule has 92 valence electrons. The highest BCUT2D eigenvalue weighted by atomic mass is 16.3. The molecule has 1 aliphatic carbocycles. The largest absolute Gasteiger partial charge is 0.507 e. The van der Waals surface area contributed by atoms with Gasteiger partial charge in [-0.05, 0) is 37.8 Å². The summed E-state index contributed by atoms with van der Waals surface area (Å²) in [5.41, 5.74) is 2.63. The molecular weight excluding hydrogens is 226 g/mol. The zero-order valence-electron chi connectivity index (χ0n) is 10.1. The van der Waals surface area contributed by atoms with E-state index in [0.29, 0.717) is 0 Å². The average molecular weight is 241 g/mol. The van der Waals surface area contributed by atoms with Gasteiger partial charge in [0, 0.05) is 23.0 Å². The third kappa shape index (κ3) is 1.72. The molecule has 1 aromatic heterocycles. The number of para-hydroxylation sites is 1. The lowest BCUT2D eigenvalue weighted by atomic mass is 9.94. The van der Waals surface area contributed by atoms with Gasteiger partial charge in [0.1, 0.15) is 5.75 Å². The zero-order valence-corrected chi connectivity index (χ0v) is 10.1. The molecule has 0 unspecified atom stereocenters. The standard InChI is InChI=1S/C15H15NO2/c17-14-10-15(18)16(11-6-2-1-3-7-11)13-9-5-4-8-12(13)14/h1-3,6-7,10,17H,4-5,8-9H2. The molecule has 1 aromatic carbocycles. The second-order valence-corrected chi connectivity index (χ2v) is 4.67. The van der Waals surface area contributed by atoms with E-state index < -0.39 is 0 Å². The molecular formula is C15H15NO2. The first-order chi connectivity index (χ1) is 8.77. The summed E-state index contributed by atoms with van der Waals surface area (Å²) in [6.45, 7) is 0. The SMILES string of the molecule is O=c1cc(O)c2c(n1-c1ccccc1)CCCC2. The van der Waals surface area contributed by atoms with E-state index in [4.69, 9.17) is 0 Å². The molecule has 2 aromatic rings. The van der Waals surface area contributed by atoms with Crippen molar-refractivity contribution in [1.29, 1.82) is 0 Å². The minimum Gasteiger partial charge on any atom is -0.507 e. The maximum atomic E-state index is 12.1. The predicted molar refractivity (Wildman–Crippen MR) is 70.3 cm³/mol. The Kier molecular flexibility index (Phi) is 2.67. The van der Waals surface area contributed by atoms with E-state index in [0.717, 1.165) is 42.6 Å². The lowest BCUT2D eigenvalue weighted by molar-refractivity contribution is 0.456. The van der Waals surface area contributed by atoms with Gasteiger partial charge in [-0.1, -0.05) is 18.2 Å². The Labute approximate surface area is 105 Å². The number of pyridine rings is 1. The quantitative estimate of drug-likeness (QED) is 0.833. The molecule has 0 spiro atoms. The van der Waals surface area contributed by atoms with Crippen LogP contribution in [0.4, 0.5) is 0 Å². The first-order valence-electron chi connectivity index (χ1n) is 6.29. The van der Waals surface area contributed by atoms with Gasteiger partial charge >= 0.3 is 0 Å². The van der Waals surface area contributed by atoms with Crippen LogP contribution in [0, 0.1) is 0 Å². The van der Waals surface area contributed by atoms with Crippen LogP contribution in [0.5, 0.6) is 5.75 Å². The van der Waals surface area contributed by atoms with E-state index >= 15 is 0 Å². The molecule has 0 atom stereocenters. The summed E-state index contributed by atoms with van der Waals surface area (Å²) in [7, 11) is 0. The third-order valence-electron chi connectivity index (χ3n) is 3.51. The molecule has 3 heteroatoms. The van der Waals surface area contributed by atoms with Crippen LogP contribution in [0.2, 0.25) is 0 Å². The highest BCUT2D eigenvalue weighted by Crippen LogP contribution is 2.28. The Morgan fingerprint density at radius 3 is 2.56 bits per heavy atom. The second kappa shape index (κ2) is 4.33. The molecule has 1 N–H and O–H groups in total. The lowest BCUT2D eigenvalue weighted by Crippen LogP contribution is -2.24. The van der Waals surface area contributed by atoms with Gasteiger partial charge in [0.15, 0.2) is 0 Å². The van der Waals surface area contributed by atoms with E-state index in [1.165, 1.54) is 6.07 Å². The van der Waals surface area contributed by atoms with Gasteiger partial charge in [0.2, 0.25) is 0 Å². The van der Waals surface area contributed by atoms with Crippen molar-refractivity contribution in [2.24, 2.45) is 0 Å².